The number of rotatable bonds is 5. The van der Waals surface area contributed by atoms with E-state index in [1.54, 1.807) is 55.8 Å². The molecule has 34 heavy (non-hydrogen) atoms. The Labute approximate surface area is 196 Å². The number of carbonyl (C=O) groups is 1. The molecule has 4 aromatic rings. The highest BCUT2D eigenvalue weighted by Crippen LogP contribution is 2.24. The molecule has 0 spiro atoms. The van der Waals surface area contributed by atoms with E-state index in [4.69, 9.17) is 13.9 Å². The summed E-state index contributed by atoms with van der Waals surface area (Å²) in [7, 11) is 1.55. The summed E-state index contributed by atoms with van der Waals surface area (Å²) in [5.41, 5.74) is 0.701. The van der Waals surface area contributed by atoms with E-state index in [0.717, 1.165) is 18.9 Å². The zero-order chi connectivity index (χ0) is 23.5. The smallest absolute Gasteiger partial charge is 0.253 e. The fraction of sp³-hybridized carbons (Fsp3) is 0.192. The Morgan fingerprint density at radius 2 is 1.74 bits per heavy atom. The molecule has 172 valence electrons. The van der Waals surface area contributed by atoms with Crippen LogP contribution < -0.4 is 19.8 Å². The van der Waals surface area contributed by atoms with Gasteiger partial charge < -0.3 is 23.7 Å². The molecule has 0 unspecified atom stereocenters. The van der Waals surface area contributed by atoms with E-state index in [1.807, 2.05) is 23.1 Å². The summed E-state index contributed by atoms with van der Waals surface area (Å²) in [4.78, 5) is 34.1. The molecular formula is C26H23N3O5. The number of fused-ring (bicyclic) bond motifs is 1. The molecule has 3 heterocycles. The summed E-state index contributed by atoms with van der Waals surface area (Å²) in [6, 6.07) is 17.6. The van der Waals surface area contributed by atoms with Gasteiger partial charge in [0.15, 0.2) is 0 Å². The standard InChI is InChI=1S/C26H23N3O5/c1-32-20-9-10-21-22(16-20)33-17-23(25(21)30)34-19-7-5-18(6-8-19)26(31)29-14-12-28(13-15-29)24-4-2-3-11-27-24/h2-11,16-17H,12-15H2,1H3. The number of amides is 1. The first-order valence-corrected chi connectivity index (χ1v) is 10.9. The van der Waals surface area contributed by atoms with Gasteiger partial charge in [-0.3, -0.25) is 9.59 Å². The molecule has 2 aromatic heterocycles. The highest BCUT2D eigenvalue weighted by molar-refractivity contribution is 5.94. The van der Waals surface area contributed by atoms with E-state index in [9.17, 15) is 9.59 Å². The van der Waals surface area contributed by atoms with Crippen LogP contribution in [0.5, 0.6) is 17.2 Å². The lowest BCUT2D eigenvalue weighted by atomic mass is 10.1. The summed E-state index contributed by atoms with van der Waals surface area (Å²) < 4.78 is 16.4. The zero-order valence-electron chi connectivity index (χ0n) is 18.6. The highest BCUT2D eigenvalue weighted by Gasteiger charge is 2.23. The topological polar surface area (TPSA) is 85.1 Å². The molecule has 5 rings (SSSR count). The van der Waals surface area contributed by atoms with Gasteiger partial charge >= 0.3 is 0 Å². The number of piperazine rings is 1. The van der Waals surface area contributed by atoms with E-state index in [-0.39, 0.29) is 17.1 Å². The molecule has 0 saturated carbocycles. The zero-order valence-corrected chi connectivity index (χ0v) is 18.6. The molecule has 1 saturated heterocycles. The second kappa shape index (κ2) is 9.27. The van der Waals surface area contributed by atoms with E-state index >= 15 is 0 Å². The van der Waals surface area contributed by atoms with Crippen LogP contribution in [0.2, 0.25) is 0 Å². The van der Waals surface area contributed by atoms with Crippen LogP contribution in [0.4, 0.5) is 5.82 Å². The summed E-state index contributed by atoms with van der Waals surface area (Å²) in [5, 5.41) is 0.398. The van der Waals surface area contributed by atoms with Crippen molar-refractivity contribution >= 4 is 22.7 Å². The minimum absolute atomic E-state index is 0.0358. The van der Waals surface area contributed by atoms with Crippen LogP contribution in [0.1, 0.15) is 10.4 Å². The number of pyridine rings is 1. The quantitative estimate of drug-likeness (QED) is 0.449. The van der Waals surface area contributed by atoms with Gasteiger partial charge in [-0.1, -0.05) is 6.07 Å². The molecule has 0 atom stereocenters. The molecule has 0 aliphatic carbocycles. The van der Waals surface area contributed by atoms with Crippen LogP contribution in [0.3, 0.4) is 0 Å². The van der Waals surface area contributed by atoms with Crippen LogP contribution in [0, 0.1) is 0 Å². The van der Waals surface area contributed by atoms with Crippen LogP contribution in [0.15, 0.2) is 82.3 Å². The van der Waals surface area contributed by atoms with Crippen molar-refractivity contribution in [1.29, 1.82) is 0 Å². The number of anilines is 1. The molecule has 1 fully saturated rings. The number of hydrogen-bond donors (Lipinski definition) is 0. The van der Waals surface area contributed by atoms with Crippen molar-refractivity contribution in [3.05, 3.63) is 88.9 Å². The maximum Gasteiger partial charge on any atom is 0.253 e. The SMILES string of the molecule is COc1ccc2c(=O)c(Oc3ccc(C(=O)N4CCN(c5ccccn5)CC4)cc3)coc2c1. The highest BCUT2D eigenvalue weighted by atomic mass is 16.5. The van der Waals surface area contributed by atoms with Crippen molar-refractivity contribution in [2.45, 2.75) is 0 Å². The van der Waals surface area contributed by atoms with Gasteiger partial charge in [-0.05, 0) is 48.5 Å². The molecule has 0 N–H and O–H groups in total. The van der Waals surface area contributed by atoms with Gasteiger partial charge in [0.1, 0.15) is 29.2 Å². The third-order valence-corrected chi connectivity index (χ3v) is 5.82. The first kappa shape index (κ1) is 21.5. The first-order chi connectivity index (χ1) is 16.6. The Hall–Kier alpha value is -4.33. The van der Waals surface area contributed by atoms with Gasteiger partial charge in [0.2, 0.25) is 11.2 Å². The lowest BCUT2D eigenvalue weighted by Gasteiger charge is -2.35. The number of benzene rings is 2. The fourth-order valence-corrected chi connectivity index (χ4v) is 3.94. The van der Waals surface area contributed by atoms with Crippen molar-refractivity contribution in [1.82, 2.24) is 9.88 Å². The third kappa shape index (κ3) is 4.30. The number of nitrogens with zero attached hydrogens (tertiary/aromatic N) is 3. The van der Waals surface area contributed by atoms with Gasteiger partial charge in [0.25, 0.3) is 5.91 Å². The Balaban J connectivity index is 1.25. The number of ether oxygens (including phenoxy) is 2. The number of carbonyl (C=O) groups excluding carboxylic acids is 1. The van der Waals surface area contributed by atoms with E-state index in [0.29, 0.717) is 41.1 Å². The van der Waals surface area contributed by atoms with Gasteiger partial charge in [-0.25, -0.2) is 4.98 Å². The molecule has 0 bridgehead atoms. The third-order valence-electron chi connectivity index (χ3n) is 5.82. The molecule has 2 aromatic carbocycles. The van der Waals surface area contributed by atoms with Crippen molar-refractivity contribution in [2.24, 2.45) is 0 Å². The summed E-state index contributed by atoms with van der Waals surface area (Å²) >= 11 is 0. The average molecular weight is 457 g/mol. The lowest BCUT2D eigenvalue weighted by Crippen LogP contribution is -2.49. The average Bonchev–Trinajstić information content (AvgIpc) is 2.90. The Morgan fingerprint density at radius 3 is 2.44 bits per heavy atom. The number of aromatic nitrogens is 1. The van der Waals surface area contributed by atoms with E-state index in [2.05, 4.69) is 9.88 Å². The van der Waals surface area contributed by atoms with E-state index in [1.165, 1.54) is 6.26 Å². The van der Waals surface area contributed by atoms with Crippen molar-refractivity contribution in [3.8, 4) is 17.2 Å². The summed E-state index contributed by atoms with van der Waals surface area (Å²) in [6.07, 6.45) is 3.06. The van der Waals surface area contributed by atoms with Gasteiger partial charge in [-0.2, -0.15) is 0 Å². The Kier molecular flexibility index (Phi) is 5.86. The molecule has 8 nitrogen and oxygen atoms in total. The maximum atomic E-state index is 12.9. The normalized spacial score (nSPS) is 13.7. The van der Waals surface area contributed by atoms with E-state index < -0.39 is 0 Å². The second-order valence-electron chi connectivity index (χ2n) is 7.88. The van der Waals surface area contributed by atoms with Crippen molar-refractivity contribution in [3.63, 3.8) is 0 Å². The molecule has 0 radical (unpaired) electrons. The summed E-state index contributed by atoms with van der Waals surface area (Å²) in [6.45, 7) is 2.70. The molecule has 1 aliphatic heterocycles. The Bertz CT molecular complexity index is 1360. The monoisotopic (exact) mass is 457 g/mol. The van der Waals surface area contributed by atoms with Crippen LogP contribution in [-0.4, -0.2) is 49.1 Å². The molecular weight excluding hydrogens is 434 g/mol. The van der Waals surface area contributed by atoms with Crippen LogP contribution in [-0.2, 0) is 0 Å². The van der Waals surface area contributed by atoms with Crippen molar-refractivity contribution in [2.75, 3.05) is 38.2 Å². The predicted octanol–water partition coefficient (Wildman–Crippen LogP) is 3.95. The van der Waals surface area contributed by atoms with Gasteiger partial charge in [0, 0.05) is 44.0 Å². The van der Waals surface area contributed by atoms with Crippen molar-refractivity contribution < 1.29 is 18.7 Å². The maximum absolute atomic E-state index is 12.9. The minimum Gasteiger partial charge on any atom is -0.497 e. The van der Waals surface area contributed by atoms with Crippen LogP contribution >= 0.6 is 0 Å². The second-order valence-corrected chi connectivity index (χ2v) is 7.88. The van der Waals surface area contributed by atoms with Gasteiger partial charge in [0.05, 0.1) is 12.5 Å². The van der Waals surface area contributed by atoms with Gasteiger partial charge in [-0.15, -0.1) is 0 Å². The lowest BCUT2D eigenvalue weighted by molar-refractivity contribution is 0.0746. The Morgan fingerprint density at radius 1 is 0.971 bits per heavy atom. The molecule has 8 heteroatoms. The first-order valence-electron chi connectivity index (χ1n) is 10.9. The fourth-order valence-electron chi connectivity index (χ4n) is 3.94. The minimum atomic E-state index is -0.283. The molecule has 1 aliphatic rings. The number of hydrogen-bond acceptors (Lipinski definition) is 7. The molecule has 1 amide bonds. The van der Waals surface area contributed by atoms with Crippen LogP contribution in [0.25, 0.3) is 11.0 Å². The predicted molar refractivity (Wildman–Crippen MR) is 128 cm³/mol. The summed E-state index contributed by atoms with van der Waals surface area (Å²) in [5.74, 6) is 2.00. The number of methoxy groups -OCH3 is 1. The largest absolute Gasteiger partial charge is 0.497 e.